The van der Waals surface area contributed by atoms with Gasteiger partial charge in [0, 0.05) is 18.1 Å². The highest BCUT2D eigenvalue weighted by atomic mass is 19.1. The normalized spacial score (nSPS) is 13.0. The van der Waals surface area contributed by atoms with Crippen molar-refractivity contribution in [3.63, 3.8) is 0 Å². The van der Waals surface area contributed by atoms with Gasteiger partial charge in [-0.3, -0.25) is 0 Å². The summed E-state index contributed by atoms with van der Waals surface area (Å²) in [6, 6.07) is 8.47. The van der Waals surface area contributed by atoms with E-state index < -0.39 is 11.8 Å². The predicted molar refractivity (Wildman–Crippen MR) is 99.1 cm³/mol. The Hall–Kier alpha value is -3.02. The molecular weight excluding hydrogens is 349 g/mol. The number of benzene rings is 2. The molecule has 1 aromatic heterocycles. The quantitative estimate of drug-likeness (QED) is 0.650. The van der Waals surface area contributed by atoms with Crippen LogP contribution in [0.4, 0.5) is 4.39 Å². The summed E-state index contributed by atoms with van der Waals surface area (Å²) in [7, 11) is 0. The first-order valence-corrected chi connectivity index (χ1v) is 8.91. The number of esters is 1. The third-order valence-electron chi connectivity index (χ3n) is 4.59. The number of ether oxygens (including phenoxy) is 3. The molecule has 0 saturated carbocycles. The number of nitrogens with zero attached hydrogens (tertiary/aromatic N) is 1. The Morgan fingerprint density at radius 1 is 1.19 bits per heavy atom. The average Bonchev–Trinajstić information content (AvgIpc) is 2.96. The maximum atomic E-state index is 14.1. The van der Waals surface area contributed by atoms with Gasteiger partial charge < -0.3 is 18.8 Å². The van der Waals surface area contributed by atoms with Crippen LogP contribution in [0.5, 0.6) is 11.5 Å². The van der Waals surface area contributed by atoms with Crippen LogP contribution in [-0.4, -0.2) is 30.4 Å². The fourth-order valence-electron chi connectivity index (χ4n) is 3.45. The minimum atomic E-state index is -0.525. The van der Waals surface area contributed by atoms with Crippen LogP contribution in [0, 0.1) is 12.7 Å². The van der Waals surface area contributed by atoms with Crippen molar-refractivity contribution in [1.82, 2.24) is 4.57 Å². The zero-order valence-electron chi connectivity index (χ0n) is 15.3. The maximum Gasteiger partial charge on any atom is 0.340 e. The summed E-state index contributed by atoms with van der Waals surface area (Å²) in [4.78, 5) is 12.4. The molecule has 0 saturated heterocycles. The van der Waals surface area contributed by atoms with Crippen molar-refractivity contribution in [1.29, 1.82) is 0 Å². The molecule has 140 valence electrons. The molecular formula is C21H20FNO4. The van der Waals surface area contributed by atoms with Crippen molar-refractivity contribution in [2.45, 2.75) is 20.4 Å². The highest BCUT2D eigenvalue weighted by molar-refractivity contribution is 6.04. The molecule has 0 spiro atoms. The third kappa shape index (κ3) is 3.23. The molecule has 0 amide bonds. The summed E-state index contributed by atoms with van der Waals surface area (Å²) in [6.07, 6.45) is 1.92. The molecule has 6 heteroatoms. The van der Waals surface area contributed by atoms with Crippen molar-refractivity contribution >= 4 is 16.9 Å². The van der Waals surface area contributed by atoms with Gasteiger partial charge in [0.15, 0.2) is 11.5 Å². The van der Waals surface area contributed by atoms with Crippen molar-refractivity contribution in [2.75, 3.05) is 19.8 Å². The second kappa shape index (κ2) is 6.95. The number of hydrogen-bond donors (Lipinski definition) is 0. The standard InChI is InChI=1S/C21H20FNO4/c1-3-25-21(24)17-10-15(22)9-16-13(2)11-23(20(16)17)12-14-4-5-18-19(8-14)27-7-6-26-18/h4-5,8-11H,3,6-7,12H2,1-2H3. The molecule has 2 heterocycles. The fraction of sp³-hybridized carbons (Fsp3) is 0.286. The molecule has 2 aromatic carbocycles. The smallest absolute Gasteiger partial charge is 0.340 e. The van der Waals surface area contributed by atoms with E-state index in [1.165, 1.54) is 12.1 Å². The Morgan fingerprint density at radius 2 is 1.96 bits per heavy atom. The molecule has 3 aromatic rings. The first-order chi connectivity index (χ1) is 13.1. The van der Waals surface area contributed by atoms with Crippen LogP contribution >= 0.6 is 0 Å². The molecule has 0 bridgehead atoms. The summed E-state index contributed by atoms with van der Waals surface area (Å²) >= 11 is 0. The summed E-state index contributed by atoms with van der Waals surface area (Å²) in [5, 5.41) is 0.704. The number of carbonyl (C=O) groups excluding carboxylic acids is 1. The van der Waals surface area contributed by atoms with Crippen LogP contribution in [0.25, 0.3) is 10.9 Å². The van der Waals surface area contributed by atoms with E-state index >= 15 is 0 Å². The maximum absolute atomic E-state index is 14.1. The van der Waals surface area contributed by atoms with Crippen molar-refractivity contribution in [3.05, 3.63) is 59.0 Å². The number of rotatable bonds is 4. The van der Waals surface area contributed by atoms with Gasteiger partial charge in [-0.15, -0.1) is 0 Å². The van der Waals surface area contributed by atoms with E-state index in [0.29, 0.717) is 36.4 Å². The van der Waals surface area contributed by atoms with E-state index in [1.54, 1.807) is 6.92 Å². The predicted octanol–water partition coefficient (Wildman–Crippen LogP) is 4.09. The minimum Gasteiger partial charge on any atom is -0.486 e. The Balaban J connectivity index is 1.79. The highest BCUT2D eigenvalue weighted by Gasteiger charge is 2.19. The third-order valence-corrected chi connectivity index (χ3v) is 4.59. The topological polar surface area (TPSA) is 49.7 Å². The van der Waals surface area contributed by atoms with Gasteiger partial charge in [0.2, 0.25) is 0 Å². The molecule has 0 radical (unpaired) electrons. The van der Waals surface area contributed by atoms with Gasteiger partial charge in [0.1, 0.15) is 19.0 Å². The van der Waals surface area contributed by atoms with Crippen molar-refractivity contribution < 1.29 is 23.4 Å². The fourth-order valence-corrected chi connectivity index (χ4v) is 3.45. The second-order valence-electron chi connectivity index (χ2n) is 6.49. The first kappa shape index (κ1) is 17.4. The van der Waals surface area contributed by atoms with E-state index in [0.717, 1.165) is 16.9 Å². The SMILES string of the molecule is CCOC(=O)c1cc(F)cc2c(C)cn(Cc3ccc4c(c3)OCCO4)c12. The van der Waals surface area contributed by atoms with Gasteiger partial charge in [-0.25, -0.2) is 9.18 Å². The lowest BCUT2D eigenvalue weighted by atomic mass is 10.1. The number of carbonyl (C=O) groups is 1. The number of aromatic nitrogens is 1. The summed E-state index contributed by atoms with van der Waals surface area (Å²) in [6.45, 7) is 5.44. The van der Waals surface area contributed by atoms with Crippen LogP contribution in [0.15, 0.2) is 36.5 Å². The Bertz CT molecular complexity index is 1020. The molecule has 0 unspecified atom stereocenters. The number of fused-ring (bicyclic) bond motifs is 2. The zero-order chi connectivity index (χ0) is 19.0. The largest absolute Gasteiger partial charge is 0.486 e. The molecule has 1 aliphatic heterocycles. The van der Waals surface area contributed by atoms with E-state index in [-0.39, 0.29) is 12.2 Å². The van der Waals surface area contributed by atoms with Crippen molar-refractivity contribution in [3.8, 4) is 11.5 Å². The van der Waals surface area contributed by atoms with Crippen LogP contribution in [0.2, 0.25) is 0 Å². The van der Waals surface area contributed by atoms with Crippen LogP contribution in [0.1, 0.15) is 28.4 Å². The zero-order valence-corrected chi connectivity index (χ0v) is 15.3. The lowest BCUT2D eigenvalue weighted by Crippen LogP contribution is -2.15. The summed E-state index contributed by atoms with van der Waals surface area (Å²) in [5.41, 5.74) is 2.79. The molecule has 4 rings (SSSR count). The van der Waals surface area contributed by atoms with Gasteiger partial charge in [-0.05, 0) is 49.2 Å². The molecule has 27 heavy (non-hydrogen) atoms. The van der Waals surface area contributed by atoms with Gasteiger partial charge in [0.05, 0.1) is 17.7 Å². The van der Waals surface area contributed by atoms with Crippen LogP contribution < -0.4 is 9.47 Å². The lowest BCUT2D eigenvalue weighted by Gasteiger charge is -2.19. The number of hydrogen-bond acceptors (Lipinski definition) is 4. The van der Waals surface area contributed by atoms with E-state index in [2.05, 4.69) is 0 Å². The second-order valence-corrected chi connectivity index (χ2v) is 6.49. The lowest BCUT2D eigenvalue weighted by molar-refractivity contribution is 0.0527. The van der Waals surface area contributed by atoms with Crippen LogP contribution in [0.3, 0.4) is 0 Å². The Morgan fingerprint density at radius 3 is 2.74 bits per heavy atom. The number of aryl methyl sites for hydroxylation is 1. The molecule has 0 aliphatic carbocycles. The van der Waals surface area contributed by atoms with Gasteiger partial charge in [-0.2, -0.15) is 0 Å². The molecule has 1 aliphatic rings. The molecule has 0 fully saturated rings. The summed E-state index contributed by atoms with van der Waals surface area (Å²) in [5.74, 6) is 0.464. The van der Waals surface area contributed by atoms with Gasteiger partial charge in [0.25, 0.3) is 0 Å². The molecule has 5 nitrogen and oxygen atoms in total. The highest BCUT2D eigenvalue weighted by Crippen LogP contribution is 2.32. The van der Waals surface area contributed by atoms with Gasteiger partial charge in [-0.1, -0.05) is 6.07 Å². The monoisotopic (exact) mass is 369 g/mol. The Labute approximate surface area is 156 Å². The van der Waals surface area contributed by atoms with E-state index in [4.69, 9.17) is 14.2 Å². The van der Waals surface area contributed by atoms with Crippen molar-refractivity contribution in [2.24, 2.45) is 0 Å². The van der Waals surface area contributed by atoms with Crippen LogP contribution in [-0.2, 0) is 11.3 Å². The molecule has 0 atom stereocenters. The van der Waals surface area contributed by atoms with E-state index in [9.17, 15) is 9.18 Å². The first-order valence-electron chi connectivity index (χ1n) is 8.91. The summed E-state index contributed by atoms with van der Waals surface area (Å²) < 4.78 is 32.3. The minimum absolute atomic E-state index is 0.234. The Kier molecular flexibility index (Phi) is 4.48. The van der Waals surface area contributed by atoms with E-state index in [1.807, 2.05) is 35.9 Å². The molecule has 0 N–H and O–H groups in total. The van der Waals surface area contributed by atoms with Gasteiger partial charge >= 0.3 is 5.97 Å². The number of halogens is 1. The average molecular weight is 369 g/mol.